The van der Waals surface area contributed by atoms with Crippen molar-refractivity contribution in [3.8, 4) is 0 Å². The van der Waals surface area contributed by atoms with E-state index in [1.807, 2.05) is 0 Å². The molecule has 2 nitrogen and oxygen atoms in total. The van der Waals surface area contributed by atoms with E-state index in [0.717, 1.165) is 6.04 Å². The molecule has 0 bridgehead atoms. The molecular formula is C17H34N2. The van der Waals surface area contributed by atoms with Crippen LogP contribution in [0.5, 0.6) is 0 Å². The van der Waals surface area contributed by atoms with Crippen molar-refractivity contribution in [3.05, 3.63) is 0 Å². The fourth-order valence-electron chi connectivity index (χ4n) is 4.40. The van der Waals surface area contributed by atoms with E-state index in [1.165, 1.54) is 77.7 Å². The molecule has 0 aliphatic carbocycles. The second kappa shape index (κ2) is 7.08. The summed E-state index contributed by atoms with van der Waals surface area (Å²) < 4.78 is 0. The lowest BCUT2D eigenvalue weighted by Crippen LogP contribution is -2.61. The predicted octanol–water partition coefficient (Wildman–Crippen LogP) is 3.76. The number of likely N-dealkylation sites (tertiary alicyclic amines) is 2. The lowest BCUT2D eigenvalue weighted by Gasteiger charge is -2.55. The minimum atomic E-state index is 0.698. The minimum absolute atomic E-state index is 0.698. The van der Waals surface area contributed by atoms with Crippen LogP contribution in [0.25, 0.3) is 0 Å². The molecular weight excluding hydrogens is 232 g/mol. The summed E-state index contributed by atoms with van der Waals surface area (Å²) in [7, 11) is 0. The van der Waals surface area contributed by atoms with Gasteiger partial charge in [0.15, 0.2) is 0 Å². The Bertz CT molecular complexity index is 242. The van der Waals surface area contributed by atoms with E-state index in [9.17, 15) is 0 Å². The Morgan fingerprint density at radius 3 is 1.95 bits per heavy atom. The van der Waals surface area contributed by atoms with Crippen LogP contribution in [-0.2, 0) is 0 Å². The van der Waals surface area contributed by atoms with Crippen LogP contribution in [0.2, 0.25) is 0 Å². The van der Waals surface area contributed by atoms with Crippen molar-refractivity contribution in [1.29, 1.82) is 0 Å². The van der Waals surface area contributed by atoms with Gasteiger partial charge in [-0.15, -0.1) is 0 Å². The van der Waals surface area contributed by atoms with Crippen molar-refractivity contribution >= 4 is 0 Å². The van der Waals surface area contributed by atoms with Gasteiger partial charge in [0.2, 0.25) is 0 Å². The molecule has 0 aromatic carbocycles. The maximum absolute atomic E-state index is 2.80. The summed E-state index contributed by atoms with van der Waals surface area (Å²) in [5.74, 6) is 0. The summed E-state index contributed by atoms with van der Waals surface area (Å²) >= 11 is 0. The largest absolute Gasteiger partial charge is 0.303 e. The summed E-state index contributed by atoms with van der Waals surface area (Å²) in [5.41, 5.74) is 0.698. The third kappa shape index (κ3) is 3.72. The zero-order valence-corrected chi connectivity index (χ0v) is 13.5. The van der Waals surface area contributed by atoms with Crippen LogP contribution >= 0.6 is 0 Å². The molecule has 2 fully saturated rings. The Balaban J connectivity index is 1.74. The fraction of sp³-hybridized carbons (Fsp3) is 1.00. The van der Waals surface area contributed by atoms with E-state index in [-0.39, 0.29) is 0 Å². The Morgan fingerprint density at radius 2 is 1.47 bits per heavy atom. The minimum Gasteiger partial charge on any atom is -0.303 e. The highest BCUT2D eigenvalue weighted by Gasteiger charge is 2.44. The molecule has 0 N–H and O–H groups in total. The van der Waals surface area contributed by atoms with Crippen LogP contribution in [0.3, 0.4) is 0 Å². The molecule has 0 unspecified atom stereocenters. The molecule has 0 saturated carbocycles. The Kier molecular flexibility index (Phi) is 5.70. The van der Waals surface area contributed by atoms with E-state index in [0.29, 0.717) is 5.41 Å². The molecule has 2 rings (SSSR count). The number of hydrogen-bond acceptors (Lipinski definition) is 2. The van der Waals surface area contributed by atoms with Gasteiger partial charge < -0.3 is 4.90 Å². The standard InChI is InChI=1S/C17H34N2/c1-4-9-17(10-5-2)14-19(15-17)16-7-12-18(11-6-3)13-8-16/h16H,4-15H2,1-3H3. The lowest BCUT2D eigenvalue weighted by molar-refractivity contribution is -0.0586. The quantitative estimate of drug-likeness (QED) is 0.692. The van der Waals surface area contributed by atoms with E-state index >= 15 is 0 Å². The highest BCUT2D eigenvalue weighted by molar-refractivity contribution is 4.98. The summed E-state index contributed by atoms with van der Waals surface area (Å²) in [5, 5.41) is 0. The number of piperidine rings is 1. The maximum atomic E-state index is 2.80. The molecule has 2 saturated heterocycles. The van der Waals surface area contributed by atoms with E-state index in [4.69, 9.17) is 0 Å². The molecule has 2 heterocycles. The molecule has 2 heteroatoms. The topological polar surface area (TPSA) is 6.48 Å². The maximum Gasteiger partial charge on any atom is 0.0120 e. The van der Waals surface area contributed by atoms with Gasteiger partial charge in [-0.2, -0.15) is 0 Å². The van der Waals surface area contributed by atoms with E-state index in [2.05, 4.69) is 30.6 Å². The van der Waals surface area contributed by atoms with Crippen LogP contribution in [0.1, 0.15) is 65.7 Å². The monoisotopic (exact) mass is 266 g/mol. The Labute approximate surface area is 120 Å². The summed E-state index contributed by atoms with van der Waals surface area (Å²) in [6, 6.07) is 0.898. The molecule has 112 valence electrons. The van der Waals surface area contributed by atoms with Crippen molar-refractivity contribution in [3.63, 3.8) is 0 Å². The Morgan fingerprint density at radius 1 is 0.895 bits per heavy atom. The SMILES string of the molecule is CCCN1CCC(N2CC(CCC)(CCC)C2)CC1. The average Bonchev–Trinajstić information content (AvgIpc) is 2.37. The van der Waals surface area contributed by atoms with Gasteiger partial charge in [0.25, 0.3) is 0 Å². The zero-order chi connectivity index (χ0) is 13.7. The normalized spacial score (nSPS) is 25.4. The van der Waals surface area contributed by atoms with Crippen molar-refractivity contribution in [2.24, 2.45) is 5.41 Å². The van der Waals surface area contributed by atoms with Gasteiger partial charge in [-0.1, -0.05) is 33.6 Å². The average molecular weight is 266 g/mol. The van der Waals surface area contributed by atoms with Crippen LogP contribution in [0.4, 0.5) is 0 Å². The number of nitrogens with zero attached hydrogens (tertiary/aromatic N) is 2. The summed E-state index contributed by atoms with van der Waals surface area (Å²) in [6.45, 7) is 13.8. The summed E-state index contributed by atoms with van der Waals surface area (Å²) in [6.07, 6.45) is 9.76. The molecule has 0 radical (unpaired) electrons. The molecule has 19 heavy (non-hydrogen) atoms. The van der Waals surface area contributed by atoms with Gasteiger partial charge in [0.1, 0.15) is 0 Å². The first-order chi connectivity index (χ1) is 9.23. The second-order valence-corrected chi connectivity index (χ2v) is 6.98. The molecule has 0 atom stereocenters. The van der Waals surface area contributed by atoms with Crippen LogP contribution in [0.15, 0.2) is 0 Å². The Hall–Kier alpha value is -0.0800. The molecule has 0 aromatic heterocycles. The van der Waals surface area contributed by atoms with Gasteiger partial charge in [-0.25, -0.2) is 0 Å². The lowest BCUT2D eigenvalue weighted by atomic mass is 9.71. The zero-order valence-electron chi connectivity index (χ0n) is 13.5. The van der Waals surface area contributed by atoms with Crippen LogP contribution in [0, 0.1) is 5.41 Å². The van der Waals surface area contributed by atoms with Crippen molar-refractivity contribution in [2.45, 2.75) is 71.8 Å². The molecule has 2 aliphatic rings. The fourth-order valence-corrected chi connectivity index (χ4v) is 4.40. The van der Waals surface area contributed by atoms with Gasteiger partial charge in [-0.05, 0) is 57.2 Å². The van der Waals surface area contributed by atoms with Crippen LogP contribution < -0.4 is 0 Å². The molecule has 2 aliphatic heterocycles. The van der Waals surface area contributed by atoms with Crippen molar-refractivity contribution in [2.75, 3.05) is 32.7 Å². The highest BCUT2D eigenvalue weighted by Crippen LogP contribution is 2.41. The first-order valence-electron chi connectivity index (χ1n) is 8.69. The predicted molar refractivity (Wildman–Crippen MR) is 83.6 cm³/mol. The smallest absolute Gasteiger partial charge is 0.0120 e. The molecule has 0 aromatic rings. The van der Waals surface area contributed by atoms with Gasteiger partial charge in [0, 0.05) is 19.1 Å². The molecule has 0 spiro atoms. The van der Waals surface area contributed by atoms with Gasteiger partial charge in [-0.3, -0.25) is 4.90 Å². The number of rotatable bonds is 7. The third-order valence-electron chi connectivity index (χ3n) is 5.25. The first-order valence-corrected chi connectivity index (χ1v) is 8.69. The highest BCUT2D eigenvalue weighted by atomic mass is 15.3. The van der Waals surface area contributed by atoms with Crippen LogP contribution in [-0.4, -0.2) is 48.6 Å². The van der Waals surface area contributed by atoms with E-state index < -0.39 is 0 Å². The van der Waals surface area contributed by atoms with Crippen molar-refractivity contribution in [1.82, 2.24) is 9.80 Å². The van der Waals surface area contributed by atoms with E-state index in [1.54, 1.807) is 0 Å². The van der Waals surface area contributed by atoms with Crippen molar-refractivity contribution < 1.29 is 0 Å². The first kappa shape index (κ1) is 15.3. The second-order valence-electron chi connectivity index (χ2n) is 6.98. The molecule has 0 amide bonds. The summed E-state index contributed by atoms with van der Waals surface area (Å²) in [4.78, 5) is 5.45. The third-order valence-corrected chi connectivity index (χ3v) is 5.25. The number of hydrogen-bond donors (Lipinski definition) is 0. The van der Waals surface area contributed by atoms with Gasteiger partial charge in [0.05, 0.1) is 0 Å². The van der Waals surface area contributed by atoms with Gasteiger partial charge >= 0.3 is 0 Å².